The highest BCUT2D eigenvalue weighted by molar-refractivity contribution is 5.76. The summed E-state index contributed by atoms with van der Waals surface area (Å²) in [7, 11) is 0. The van der Waals surface area contributed by atoms with E-state index in [-0.39, 0.29) is 5.91 Å². The van der Waals surface area contributed by atoms with Crippen LogP contribution < -0.4 is 0 Å². The van der Waals surface area contributed by atoms with Crippen LogP contribution in [0.15, 0.2) is 10.9 Å². The number of tetrazole rings is 1. The van der Waals surface area contributed by atoms with E-state index in [1.54, 1.807) is 11.6 Å². The van der Waals surface area contributed by atoms with Crippen molar-refractivity contribution in [2.45, 2.75) is 26.4 Å². The lowest BCUT2D eigenvalue weighted by Crippen LogP contribution is -2.48. The van der Waals surface area contributed by atoms with Gasteiger partial charge in [-0.25, -0.2) is 4.68 Å². The van der Waals surface area contributed by atoms with Crippen molar-refractivity contribution in [1.82, 2.24) is 40.1 Å². The number of hydrogen-bond acceptors (Lipinski definition) is 8. The molecule has 10 nitrogen and oxygen atoms in total. The van der Waals surface area contributed by atoms with E-state index in [4.69, 9.17) is 4.52 Å². The summed E-state index contributed by atoms with van der Waals surface area (Å²) in [5.41, 5.74) is 0. The Hall–Kier alpha value is -2.36. The highest BCUT2D eigenvalue weighted by atomic mass is 16.5. The van der Waals surface area contributed by atoms with Crippen molar-refractivity contribution in [3.05, 3.63) is 18.0 Å². The Morgan fingerprint density at radius 1 is 1.32 bits per heavy atom. The molecule has 10 heteroatoms. The summed E-state index contributed by atoms with van der Waals surface area (Å²) in [5, 5.41) is 14.7. The average Bonchev–Trinajstić information content (AvgIpc) is 3.17. The van der Waals surface area contributed by atoms with E-state index >= 15 is 0 Å². The molecule has 118 valence electrons. The largest absolute Gasteiger partial charge is 0.340 e. The molecule has 3 rings (SSSR count). The van der Waals surface area contributed by atoms with E-state index in [1.165, 1.54) is 6.33 Å². The lowest BCUT2D eigenvalue weighted by atomic mass is 10.2. The molecular weight excluding hydrogens is 288 g/mol. The molecular formula is C12H18N8O2. The van der Waals surface area contributed by atoms with Crippen molar-refractivity contribution in [3.63, 3.8) is 0 Å². The third kappa shape index (κ3) is 3.64. The maximum Gasteiger partial charge on any atom is 0.224 e. The molecule has 0 N–H and O–H groups in total. The lowest BCUT2D eigenvalue weighted by molar-refractivity contribution is -0.133. The fraction of sp³-hybridized carbons (Fsp3) is 0.667. The Labute approximate surface area is 127 Å². The van der Waals surface area contributed by atoms with Gasteiger partial charge in [-0.1, -0.05) is 5.16 Å². The zero-order chi connectivity index (χ0) is 15.4. The summed E-state index contributed by atoms with van der Waals surface area (Å²) in [4.78, 5) is 20.4. The lowest BCUT2D eigenvalue weighted by Gasteiger charge is -2.34. The molecule has 3 heterocycles. The molecule has 0 spiro atoms. The second kappa shape index (κ2) is 6.60. The minimum atomic E-state index is 0.130. The predicted molar refractivity (Wildman–Crippen MR) is 73.3 cm³/mol. The smallest absolute Gasteiger partial charge is 0.224 e. The standard InChI is InChI=1S/C12H18N8O2/c1-10-14-11(15-22-10)8-18-4-6-19(7-5-18)12(21)2-3-20-9-13-16-17-20/h9H,2-8H2,1H3. The maximum atomic E-state index is 12.1. The zero-order valence-electron chi connectivity index (χ0n) is 12.4. The second-order valence-electron chi connectivity index (χ2n) is 5.21. The average molecular weight is 306 g/mol. The van der Waals surface area contributed by atoms with Gasteiger partial charge in [0.2, 0.25) is 11.8 Å². The van der Waals surface area contributed by atoms with Gasteiger partial charge in [-0.2, -0.15) is 4.98 Å². The number of aryl methyl sites for hydroxylation is 2. The summed E-state index contributed by atoms with van der Waals surface area (Å²) in [6.45, 7) is 5.99. The fourth-order valence-corrected chi connectivity index (χ4v) is 2.41. The second-order valence-corrected chi connectivity index (χ2v) is 5.21. The maximum absolute atomic E-state index is 12.1. The topological polar surface area (TPSA) is 106 Å². The number of amides is 1. The van der Waals surface area contributed by atoms with Crippen LogP contribution in [0.3, 0.4) is 0 Å². The molecule has 0 bridgehead atoms. The molecule has 2 aromatic rings. The van der Waals surface area contributed by atoms with Crippen molar-refractivity contribution in [2.24, 2.45) is 0 Å². The molecule has 0 atom stereocenters. The SMILES string of the molecule is Cc1nc(CN2CCN(C(=O)CCn3cnnn3)CC2)no1. The highest BCUT2D eigenvalue weighted by Gasteiger charge is 2.22. The molecule has 0 radical (unpaired) electrons. The van der Waals surface area contributed by atoms with Crippen molar-refractivity contribution in [2.75, 3.05) is 26.2 Å². The Balaban J connectivity index is 1.42. The number of nitrogens with zero attached hydrogens (tertiary/aromatic N) is 8. The van der Waals surface area contributed by atoms with Crippen LogP contribution in [0.4, 0.5) is 0 Å². The van der Waals surface area contributed by atoms with Crippen LogP contribution in [0.2, 0.25) is 0 Å². The number of hydrogen-bond donors (Lipinski definition) is 0. The van der Waals surface area contributed by atoms with Gasteiger partial charge in [-0.05, 0) is 10.4 Å². The molecule has 1 fully saturated rings. The van der Waals surface area contributed by atoms with Crippen LogP contribution >= 0.6 is 0 Å². The number of rotatable bonds is 5. The molecule has 1 saturated heterocycles. The molecule has 0 aliphatic carbocycles. The van der Waals surface area contributed by atoms with Crippen molar-refractivity contribution in [1.29, 1.82) is 0 Å². The van der Waals surface area contributed by atoms with Gasteiger partial charge in [0, 0.05) is 39.5 Å². The minimum absolute atomic E-state index is 0.130. The highest BCUT2D eigenvalue weighted by Crippen LogP contribution is 2.08. The normalized spacial score (nSPS) is 16.1. The van der Waals surface area contributed by atoms with Gasteiger partial charge in [0.1, 0.15) is 6.33 Å². The number of piperazine rings is 1. The molecule has 2 aromatic heterocycles. The van der Waals surface area contributed by atoms with Crippen LogP contribution in [0.1, 0.15) is 18.1 Å². The van der Waals surface area contributed by atoms with Gasteiger partial charge in [0.25, 0.3) is 0 Å². The van der Waals surface area contributed by atoms with E-state index < -0.39 is 0 Å². The van der Waals surface area contributed by atoms with Crippen LogP contribution in [0, 0.1) is 6.92 Å². The third-order valence-corrected chi connectivity index (χ3v) is 3.61. The Bertz CT molecular complexity index is 602. The van der Waals surface area contributed by atoms with E-state index in [0.717, 1.165) is 13.1 Å². The van der Waals surface area contributed by atoms with Gasteiger partial charge < -0.3 is 9.42 Å². The summed E-state index contributed by atoms with van der Waals surface area (Å²) >= 11 is 0. The summed E-state index contributed by atoms with van der Waals surface area (Å²) in [6, 6.07) is 0. The van der Waals surface area contributed by atoms with Crippen LogP contribution in [0.5, 0.6) is 0 Å². The van der Waals surface area contributed by atoms with Gasteiger partial charge in [-0.15, -0.1) is 5.10 Å². The monoisotopic (exact) mass is 306 g/mol. The first-order valence-corrected chi connectivity index (χ1v) is 7.21. The quantitative estimate of drug-likeness (QED) is 0.699. The molecule has 1 amide bonds. The molecule has 1 aliphatic rings. The van der Waals surface area contributed by atoms with Crippen LogP contribution in [-0.2, 0) is 17.9 Å². The van der Waals surface area contributed by atoms with E-state index in [9.17, 15) is 4.79 Å². The van der Waals surface area contributed by atoms with Crippen molar-refractivity contribution >= 4 is 5.91 Å². The molecule has 22 heavy (non-hydrogen) atoms. The van der Waals surface area contributed by atoms with E-state index in [2.05, 4.69) is 30.6 Å². The minimum Gasteiger partial charge on any atom is -0.340 e. The molecule has 0 saturated carbocycles. The van der Waals surface area contributed by atoms with Gasteiger partial charge in [-0.3, -0.25) is 9.69 Å². The van der Waals surface area contributed by atoms with Gasteiger partial charge in [0.05, 0.1) is 13.1 Å². The van der Waals surface area contributed by atoms with Crippen LogP contribution in [0.25, 0.3) is 0 Å². The molecule has 0 aromatic carbocycles. The Morgan fingerprint density at radius 3 is 2.77 bits per heavy atom. The predicted octanol–water partition coefficient (Wildman–Crippen LogP) is -0.901. The first-order valence-electron chi connectivity index (χ1n) is 7.21. The zero-order valence-corrected chi connectivity index (χ0v) is 12.4. The summed E-state index contributed by atoms with van der Waals surface area (Å²) < 4.78 is 6.52. The summed E-state index contributed by atoms with van der Waals surface area (Å²) in [6.07, 6.45) is 1.92. The Morgan fingerprint density at radius 2 is 2.14 bits per heavy atom. The van der Waals surface area contributed by atoms with Crippen molar-refractivity contribution in [3.8, 4) is 0 Å². The number of aromatic nitrogens is 6. The third-order valence-electron chi connectivity index (χ3n) is 3.61. The fourth-order valence-electron chi connectivity index (χ4n) is 2.41. The Kier molecular flexibility index (Phi) is 4.37. The van der Waals surface area contributed by atoms with E-state index in [1.807, 2.05) is 4.90 Å². The van der Waals surface area contributed by atoms with E-state index in [0.29, 0.717) is 44.3 Å². The number of carbonyl (C=O) groups excluding carboxylic acids is 1. The molecule has 0 unspecified atom stereocenters. The summed E-state index contributed by atoms with van der Waals surface area (Å²) in [5.74, 6) is 1.40. The number of carbonyl (C=O) groups is 1. The van der Waals surface area contributed by atoms with Crippen molar-refractivity contribution < 1.29 is 9.32 Å². The molecule has 1 aliphatic heterocycles. The first kappa shape index (κ1) is 14.6. The van der Waals surface area contributed by atoms with Gasteiger partial charge >= 0.3 is 0 Å². The van der Waals surface area contributed by atoms with Gasteiger partial charge in [0.15, 0.2) is 5.82 Å². The first-order chi connectivity index (χ1) is 10.7. The van der Waals surface area contributed by atoms with Crippen LogP contribution in [-0.4, -0.2) is 72.2 Å².